The Morgan fingerprint density at radius 3 is 2.36 bits per heavy atom. The fourth-order valence-electron chi connectivity index (χ4n) is 1.40. The lowest BCUT2D eigenvalue weighted by atomic mass is 10.0. The normalized spacial score (nSPS) is 25.2. The zero-order valence-corrected chi connectivity index (χ0v) is 8.14. The Kier molecular flexibility index (Phi) is 6.24. The largest absolute Gasteiger partial charge is 0.300 e. The van der Waals surface area contributed by atoms with E-state index in [0.29, 0.717) is 6.04 Å². The second-order valence-corrected chi connectivity index (χ2v) is 2.78. The number of hydrogen-bond donors (Lipinski definition) is 0. The van der Waals surface area contributed by atoms with Gasteiger partial charge in [0, 0.05) is 6.04 Å². The van der Waals surface area contributed by atoms with Gasteiger partial charge >= 0.3 is 0 Å². The third kappa shape index (κ3) is 3.57. The Bertz CT molecular complexity index is 99.0. The molecule has 0 N–H and O–H groups in total. The molecule has 0 spiro atoms. The van der Waals surface area contributed by atoms with Gasteiger partial charge in [0.15, 0.2) is 0 Å². The SMILES string of the molecule is C=CC1CCCCN1C.CC. The molecular formula is C10H21N. The van der Waals surface area contributed by atoms with E-state index in [4.69, 9.17) is 0 Å². The highest BCUT2D eigenvalue weighted by molar-refractivity contribution is 4.88. The Balaban J connectivity index is 0.000000461. The Labute approximate surface area is 71.1 Å². The standard InChI is InChI=1S/C8H15N.C2H6/c1-3-8-6-4-5-7-9(8)2;1-2/h3,8H,1,4-7H2,2H3;1-2H3. The number of piperidine rings is 1. The molecule has 11 heavy (non-hydrogen) atoms. The topological polar surface area (TPSA) is 3.24 Å². The summed E-state index contributed by atoms with van der Waals surface area (Å²) < 4.78 is 0. The fraction of sp³-hybridized carbons (Fsp3) is 0.800. The summed E-state index contributed by atoms with van der Waals surface area (Å²) in [6.07, 6.45) is 6.10. The maximum Gasteiger partial charge on any atom is 0.0272 e. The summed E-state index contributed by atoms with van der Waals surface area (Å²) in [5.41, 5.74) is 0. The van der Waals surface area contributed by atoms with E-state index in [9.17, 15) is 0 Å². The van der Waals surface area contributed by atoms with Crippen molar-refractivity contribution >= 4 is 0 Å². The van der Waals surface area contributed by atoms with Crippen LogP contribution in [0.5, 0.6) is 0 Å². The second-order valence-electron chi connectivity index (χ2n) is 2.78. The number of likely N-dealkylation sites (N-methyl/N-ethyl adjacent to an activating group) is 1. The summed E-state index contributed by atoms with van der Waals surface area (Å²) in [6, 6.07) is 0.652. The molecule has 0 aromatic heterocycles. The van der Waals surface area contributed by atoms with Crippen molar-refractivity contribution < 1.29 is 0 Å². The summed E-state index contributed by atoms with van der Waals surface area (Å²) in [4.78, 5) is 2.37. The highest BCUT2D eigenvalue weighted by atomic mass is 15.1. The van der Waals surface area contributed by atoms with Crippen molar-refractivity contribution in [1.29, 1.82) is 0 Å². The molecule has 1 aliphatic heterocycles. The van der Waals surface area contributed by atoms with Crippen molar-refractivity contribution in [1.82, 2.24) is 4.90 Å². The fourth-order valence-corrected chi connectivity index (χ4v) is 1.40. The van der Waals surface area contributed by atoms with Crippen molar-refractivity contribution in [3.8, 4) is 0 Å². The van der Waals surface area contributed by atoms with E-state index in [1.165, 1.54) is 25.8 Å². The number of likely N-dealkylation sites (tertiary alicyclic amines) is 1. The van der Waals surface area contributed by atoms with Gasteiger partial charge in [0.2, 0.25) is 0 Å². The monoisotopic (exact) mass is 155 g/mol. The van der Waals surface area contributed by atoms with Gasteiger partial charge < -0.3 is 0 Å². The Hall–Kier alpha value is -0.300. The van der Waals surface area contributed by atoms with E-state index in [1.54, 1.807) is 0 Å². The zero-order valence-electron chi connectivity index (χ0n) is 8.14. The maximum atomic E-state index is 3.79. The predicted molar refractivity (Wildman–Crippen MR) is 51.8 cm³/mol. The molecule has 0 aliphatic carbocycles. The van der Waals surface area contributed by atoms with Crippen LogP contribution in [0.3, 0.4) is 0 Å². The van der Waals surface area contributed by atoms with Gasteiger partial charge in [-0.1, -0.05) is 26.3 Å². The lowest BCUT2D eigenvalue weighted by molar-refractivity contribution is 0.222. The van der Waals surface area contributed by atoms with E-state index in [0.717, 1.165) is 0 Å². The molecule has 0 aromatic rings. The van der Waals surface area contributed by atoms with E-state index >= 15 is 0 Å². The van der Waals surface area contributed by atoms with Crippen LogP contribution in [-0.4, -0.2) is 24.5 Å². The average molecular weight is 155 g/mol. The molecule has 1 saturated heterocycles. The molecule has 0 saturated carbocycles. The summed E-state index contributed by atoms with van der Waals surface area (Å²) in [7, 11) is 2.17. The predicted octanol–water partition coefficient (Wildman–Crippen LogP) is 2.68. The number of nitrogens with zero attached hydrogens (tertiary/aromatic N) is 1. The summed E-state index contributed by atoms with van der Waals surface area (Å²) in [5, 5.41) is 0. The molecular weight excluding hydrogens is 134 g/mol. The molecule has 1 aliphatic rings. The molecule has 1 heterocycles. The van der Waals surface area contributed by atoms with Crippen molar-refractivity contribution in [2.24, 2.45) is 0 Å². The van der Waals surface area contributed by atoms with Crippen molar-refractivity contribution in [3.05, 3.63) is 12.7 Å². The van der Waals surface area contributed by atoms with Crippen molar-refractivity contribution in [2.75, 3.05) is 13.6 Å². The highest BCUT2D eigenvalue weighted by Gasteiger charge is 2.14. The summed E-state index contributed by atoms with van der Waals surface area (Å²) in [5.74, 6) is 0. The molecule has 1 rings (SSSR count). The first-order valence-corrected chi connectivity index (χ1v) is 4.67. The molecule has 0 amide bonds. The summed E-state index contributed by atoms with van der Waals surface area (Å²) in [6.45, 7) is 9.04. The van der Waals surface area contributed by atoms with Gasteiger partial charge in [0.05, 0.1) is 0 Å². The van der Waals surface area contributed by atoms with Crippen LogP contribution < -0.4 is 0 Å². The van der Waals surface area contributed by atoms with Gasteiger partial charge in [-0.2, -0.15) is 0 Å². The van der Waals surface area contributed by atoms with Crippen LogP contribution in [0.1, 0.15) is 33.1 Å². The first-order chi connectivity index (χ1) is 5.34. The number of rotatable bonds is 1. The molecule has 1 fully saturated rings. The average Bonchev–Trinajstić information content (AvgIpc) is 2.09. The zero-order chi connectivity index (χ0) is 8.69. The quantitative estimate of drug-likeness (QED) is 0.526. The number of hydrogen-bond acceptors (Lipinski definition) is 1. The molecule has 0 aromatic carbocycles. The van der Waals surface area contributed by atoms with E-state index < -0.39 is 0 Å². The van der Waals surface area contributed by atoms with Crippen LogP contribution >= 0.6 is 0 Å². The third-order valence-corrected chi connectivity index (χ3v) is 2.10. The van der Waals surface area contributed by atoms with E-state index in [2.05, 4.69) is 24.6 Å². The lowest BCUT2D eigenvalue weighted by Crippen LogP contribution is -2.34. The van der Waals surface area contributed by atoms with Crippen LogP contribution in [-0.2, 0) is 0 Å². The maximum absolute atomic E-state index is 3.79. The second kappa shape index (κ2) is 6.41. The molecule has 0 bridgehead atoms. The Morgan fingerprint density at radius 2 is 2.00 bits per heavy atom. The summed E-state index contributed by atoms with van der Waals surface area (Å²) >= 11 is 0. The van der Waals surface area contributed by atoms with Crippen molar-refractivity contribution in [2.45, 2.75) is 39.2 Å². The minimum absolute atomic E-state index is 0.652. The first-order valence-electron chi connectivity index (χ1n) is 4.67. The van der Waals surface area contributed by atoms with Gasteiger partial charge in [-0.15, -0.1) is 6.58 Å². The molecule has 0 radical (unpaired) electrons. The smallest absolute Gasteiger partial charge is 0.0272 e. The molecule has 1 heteroatoms. The van der Waals surface area contributed by atoms with Crippen LogP contribution in [0.4, 0.5) is 0 Å². The van der Waals surface area contributed by atoms with Crippen LogP contribution in [0, 0.1) is 0 Å². The minimum atomic E-state index is 0.652. The Morgan fingerprint density at radius 1 is 1.36 bits per heavy atom. The molecule has 1 nitrogen and oxygen atoms in total. The van der Waals surface area contributed by atoms with Gasteiger partial charge in [0.25, 0.3) is 0 Å². The van der Waals surface area contributed by atoms with Crippen molar-refractivity contribution in [3.63, 3.8) is 0 Å². The molecule has 1 unspecified atom stereocenters. The first kappa shape index (κ1) is 10.7. The van der Waals surface area contributed by atoms with Gasteiger partial charge in [0.1, 0.15) is 0 Å². The van der Waals surface area contributed by atoms with Gasteiger partial charge in [-0.3, -0.25) is 4.90 Å². The lowest BCUT2D eigenvalue weighted by Gasteiger charge is -2.29. The van der Waals surface area contributed by atoms with Crippen LogP contribution in [0.25, 0.3) is 0 Å². The van der Waals surface area contributed by atoms with Crippen LogP contribution in [0.15, 0.2) is 12.7 Å². The minimum Gasteiger partial charge on any atom is -0.300 e. The van der Waals surface area contributed by atoms with E-state index in [-0.39, 0.29) is 0 Å². The molecule has 66 valence electrons. The van der Waals surface area contributed by atoms with E-state index in [1.807, 2.05) is 13.8 Å². The van der Waals surface area contributed by atoms with Gasteiger partial charge in [-0.25, -0.2) is 0 Å². The van der Waals surface area contributed by atoms with Crippen LogP contribution in [0.2, 0.25) is 0 Å². The van der Waals surface area contributed by atoms with Gasteiger partial charge in [-0.05, 0) is 26.4 Å². The highest BCUT2D eigenvalue weighted by Crippen LogP contribution is 2.14. The molecule has 1 atom stereocenters. The third-order valence-electron chi connectivity index (χ3n) is 2.10.